The van der Waals surface area contributed by atoms with Crippen molar-refractivity contribution >= 4 is 0 Å². The van der Waals surface area contributed by atoms with Gasteiger partial charge in [-0.2, -0.15) is 0 Å². The number of hydrogen-bond donors (Lipinski definition) is 1. The van der Waals surface area contributed by atoms with Crippen molar-refractivity contribution in [2.24, 2.45) is 5.73 Å². The molecule has 0 fully saturated rings. The summed E-state index contributed by atoms with van der Waals surface area (Å²) < 4.78 is 0. The predicted molar refractivity (Wildman–Crippen MR) is 42.4 cm³/mol. The Bertz CT molecular complexity index is 52.5. The first kappa shape index (κ1) is 8.96. The fourth-order valence-electron chi connectivity index (χ4n) is 0.981. The molecule has 0 aliphatic rings. The third kappa shape index (κ3) is 5.84. The Morgan fingerprint density at radius 1 is 1.11 bits per heavy atom. The highest BCUT2D eigenvalue weighted by Crippen LogP contribution is 2.02. The Hall–Kier alpha value is -0.0400. The Labute approximate surface area is 58.6 Å². The first-order chi connectivity index (χ1) is 4.31. The highest BCUT2D eigenvalue weighted by Gasteiger charge is 1.97. The SMILES string of the molecule is CCCCC(N)CCC. The molecule has 0 aromatic heterocycles. The minimum Gasteiger partial charge on any atom is -0.328 e. The van der Waals surface area contributed by atoms with Gasteiger partial charge in [0, 0.05) is 6.04 Å². The molecule has 1 nitrogen and oxygen atoms in total. The van der Waals surface area contributed by atoms with E-state index in [-0.39, 0.29) is 0 Å². The summed E-state index contributed by atoms with van der Waals surface area (Å²) in [6, 6.07) is 0.468. The lowest BCUT2D eigenvalue weighted by Gasteiger charge is -2.07. The highest BCUT2D eigenvalue weighted by atomic mass is 14.6. The van der Waals surface area contributed by atoms with Crippen molar-refractivity contribution in [3.05, 3.63) is 0 Å². The van der Waals surface area contributed by atoms with E-state index in [0.29, 0.717) is 6.04 Å². The molecule has 0 aliphatic heterocycles. The van der Waals surface area contributed by atoms with E-state index in [2.05, 4.69) is 13.8 Å². The fraction of sp³-hybridized carbons (Fsp3) is 1.00. The van der Waals surface area contributed by atoms with Crippen molar-refractivity contribution in [3.8, 4) is 0 Å². The number of hydrogen-bond acceptors (Lipinski definition) is 1. The quantitative estimate of drug-likeness (QED) is 0.605. The summed E-state index contributed by atoms with van der Waals surface area (Å²) in [6.07, 6.45) is 6.20. The second-order valence-corrected chi connectivity index (χ2v) is 2.69. The molecule has 0 saturated heterocycles. The summed E-state index contributed by atoms with van der Waals surface area (Å²) in [6.45, 7) is 4.39. The van der Waals surface area contributed by atoms with Gasteiger partial charge < -0.3 is 5.73 Å². The fourth-order valence-corrected chi connectivity index (χ4v) is 0.981. The van der Waals surface area contributed by atoms with E-state index in [0.717, 1.165) is 0 Å². The topological polar surface area (TPSA) is 26.0 Å². The first-order valence-corrected chi connectivity index (χ1v) is 4.06. The molecule has 0 amide bonds. The van der Waals surface area contributed by atoms with Crippen LogP contribution in [0.5, 0.6) is 0 Å². The maximum Gasteiger partial charge on any atom is 0.00387 e. The van der Waals surface area contributed by atoms with Crippen LogP contribution in [0.15, 0.2) is 0 Å². The molecule has 0 aliphatic carbocycles. The summed E-state index contributed by atoms with van der Waals surface area (Å²) in [5.41, 5.74) is 5.77. The molecule has 0 aromatic rings. The molecule has 9 heavy (non-hydrogen) atoms. The Kier molecular flexibility index (Phi) is 6.06. The zero-order valence-corrected chi connectivity index (χ0v) is 6.69. The van der Waals surface area contributed by atoms with Gasteiger partial charge in [-0.05, 0) is 12.8 Å². The highest BCUT2D eigenvalue weighted by molar-refractivity contribution is 4.58. The molecule has 0 bridgehead atoms. The van der Waals surface area contributed by atoms with Crippen LogP contribution in [0.25, 0.3) is 0 Å². The Morgan fingerprint density at radius 3 is 2.22 bits per heavy atom. The Balaban J connectivity index is 2.95. The average Bonchev–Trinajstić information content (AvgIpc) is 1.85. The third-order valence-corrected chi connectivity index (χ3v) is 1.59. The van der Waals surface area contributed by atoms with E-state index in [4.69, 9.17) is 5.73 Å². The summed E-state index contributed by atoms with van der Waals surface area (Å²) in [5.74, 6) is 0. The third-order valence-electron chi connectivity index (χ3n) is 1.59. The van der Waals surface area contributed by atoms with Gasteiger partial charge in [-0.3, -0.25) is 0 Å². The van der Waals surface area contributed by atoms with Crippen molar-refractivity contribution in [1.82, 2.24) is 0 Å². The molecule has 0 saturated carbocycles. The van der Waals surface area contributed by atoms with Gasteiger partial charge in [-0.15, -0.1) is 0 Å². The van der Waals surface area contributed by atoms with Crippen LogP contribution in [0, 0.1) is 0 Å². The van der Waals surface area contributed by atoms with Gasteiger partial charge in [0.15, 0.2) is 0 Å². The number of rotatable bonds is 5. The van der Waals surface area contributed by atoms with Crippen LogP contribution in [-0.4, -0.2) is 6.04 Å². The largest absolute Gasteiger partial charge is 0.328 e. The monoisotopic (exact) mass is 129 g/mol. The molecule has 0 aromatic carbocycles. The summed E-state index contributed by atoms with van der Waals surface area (Å²) in [5, 5.41) is 0. The van der Waals surface area contributed by atoms with Crippen LogP contribution in [-0.2, 0) is 0 Å². The van der Waals surface area contributed by atoms with E-state index in [1.54, 1.807) is 0 Å². The van der Waals surface area contributed by atoms with Crippen molar-refractivity contribution in [3.63, 3.8) is 0 Å². The molecule has 0 radical (unpaired) electrons. The van der Waals surface area contributed by atoms with Crippen molar-refractivity contribution in [1.29, 1.82) is 0 Å². The lowest BCUT2D eigenvalue weighted by atomic mass is 10.1. The molecule has 56 valence electrons. The number of unbranched alkanes of at least 4 members (excludes halogenated alkanes) is 1. The second kappa shape index (κ2) is 6.09. The second-order valence-electron chi connectivity index (χ2n) is 2.69. The Morgan fingerprint density at radius 2 is 1.78 bits per heavy atom. The minimum absolute atomic E-state index is 0.468. The van der Waals surface area contributed by atoms with E-state index in [1.807, 2.05) is 0 Å². The van der Waals surface area contributed by atoms with Crippen molar-refractivity contribution in [2.75, 3.05) is 0 Å². The molecule has 0 rings (SSSR count). The molecular formula is C8H19N. The van der Waals surface area contributed by atoms with Gasteiger partial charge in [0.1, 0.15) is 0 Å². The van der Waals surface area contributed by atoms with Crippen LogP contribution in [0.4, 0.5) is 0 Å². The smallest absolute Gasteiger partial charge is 0.00387 e. The van der Waals surface area contributed by atoms with E-state index >= 15 is 0 Å². The zero-order chi connectivity index (χ0) is 7.11. The molecule has 1 unspecified atom stereocenters. The molecular weight excluding hydrogens is 110 g/mol. The first-order valence-electron chi connectivity index (χ1n) is 4.06. The maximum atomic E-state index is 5.77. The average molecular weight is 129 g/mol. The van der Waals surface area contributed by atoms with Crippen LogP contribution >= 0.6 is 0 Å². The van der Waals surface area contributed by atoms with Gasteiger partial charge in [0.2, 0.25) is 0 Å². The summed E-state index contributed by atoms with van der Waals surface area (Å²) in [7, 11) is 0. The normalized spacial score (nSPS) is 13.7. The van der Waals surface area contributed by atoms with E-state index in [1.165, 1.54) is 32.1 Å². The molecule has 1 heteroatoms. The van der Waals surface area contributed by atoms with Gasteiger partial charge in [0.05, 0.1) is 0 Å². The lowest BCUT2D eigenvalue weighted by molar-refractivity contribution is 0.535. The van der Waals surface area contributed by atoms with Gasteiger partial charge in [0.25, 0.3) is 0 Å². The molecule has 2 N–H and O–H groups in total. The number of nitrogens with two attached hydrogens (primary N) is 1. The molecule has 0 heterocycles. The predicted octanol–water partition coefficient (Wildman–Crippen LogP) is 2.30. The van der Waals surface area contributed by atoms with E-state index in [9.17, 15) is 0 Å². The van der Waals surface area contributed by atoms with E-state index < -0.39 is 0 Å². The zero-order valence-electron chi connectivity index (χ0n) is 6.69. The van der Waals surface area contributed by atoms with Gasteiger partial charge in [-0.25, -0.2) is 0 Å². The van der Waals surface area contributed by atoms with Crippen LogP contribution in [0.3, 0.4) is 0 Å². The minimum atomic E-state index is 0.468. The van der Waals surface area contributed by atoms with Gasteiger partial charge >= 0.3 is 0 Å². The van der Waals surface area contributed by atoms with Gasteiger partial charge in [-0.1, -0.05) is 33.1 Å². The lowest BCUT2D eigenvalue weighted by Crippen LogP contribution is -2.18. The van der Waals surface area contributed by atoms with Crippen molar-refractivity contribution < 1.29 is 0 Å². The van der Waals surface area contributed by atoms with Crippen LogP contribution in [0.1, 0.15) is 46.0 Å². The standard InChI is InChI=1S/C8H19N/c1-3-5-7-8(9)6-4-2/h8H,3-7,9H2,1-2H3. The maximum absolute atomic E-state index is 5.77. The van der Waals surface area contributed by atoms with Crippen LogP contribution in [0.2, 0.25) is 0 Å². The summed E-state index contributed by atoms with van der Waals surface area (Å²) in [4.78, 5) is 0. The molecule has 1 atom stereocenters. The summed E-state index contributed by atoms with van der Waals surface area (Å²) >= 11 is 0. The van der Waals surface area contributed by atoms with Crippen molar-refractivity contribution in [2.45, 2.75) is 52.0 Å². The van der Waals surface area contributed by atoms with Crippen LogP contribution < -0.4 is 5.73 Å². The molecule has 0 spiro atoms.